The van der Waals surface area contributed by atoms with Crippen molar-refractivity contribution >= 4 is 11.6 Å². The van der Waals surface area contributed by atoms with Gasteiger partial charge in [-0.15, -0.1) is 0 Å². The van der Waals surface area contributed by atoms with Gasteiger partial charge >= 0.3 is 6.18 Å². The molecule has 0 saturated carbocycles. The van der Waals surface area contributed by atoms with Crippen molar-refractivity contribution in [3.05, 3.63) is 29.8 Å². The van der Waals surface area contributed by atoms with E-state index in [0.29, 0.717) is 18.7 Å². The second-order valence-electron chi connectivity index (χ2n) is 4.15. The molecule has 1 rings (SSSR count). The normalized spacial score (nSPS) is 11.2. The van der Waals surface area contributed by atoms with Gasteiger partial charge < -0.3 is 15.4 Å². The molecule has 112 valence electrons. The molecule has 0 spiro atoms. The van der Waals surface area contributed by atoms with Gasteiger partial charge in [0.25, 0.3) is 0 Å². The van der Waals surface area contributed by atoms with Gasteiger partial charge in [0.15, 0.2) is 0 Å². The number of para-hydroxylation sites is 1. The molecule has 0 radical (unpaired) electrons. The smallest absolute Gasteiger partial charge is 0.384 e. The molecule has 0 unspecified atom stereocenters. The Hall–Kier alpha value is -1.76. The van der Waals surface area contributed by atoms with E-state index >= 15 is 0 Å². The van der Waals surface area contributed by atoms with Crippen LogP contribution in [0.4, 0.5) is 18.9 Å². The lowest BCUT2D eigenvalue weighted by Gasteiger charge is -2.12. The second-order valence-corrected chi connectivity index (χ2v) is 4.15. The van der Waals surface area contributed by atoms with Crippen LogP contribution in [0.3, 0.4) is 0 Å². The summed E-state index contributed by atoms with van der Waals surface area (Å²) in [6, 6.07) is 7.27. The molecule has 0 heterocycles. The molecule has 0 aliphatic carbocycles. The lowest BCUT2D eigenvalue weighted by Crippen LogP contribution is -2.37. The summed E-state index contributed by atoms with van der Waals surface area (Å²) >= 11 is 0. The summed E-state index contributed by atoms with van der Waals surface area (Å²) in [5, 5.41) is 4.63. The van der Waals surface area contributed by atoms with E-state index in [1.165, 1.54) is 0 Å². The number of ether oxygens (including phenoxy) is 1. The van der Waals surface area contributed by atoms with Crippen LogP contribution in [0.2, 0.25) is 0 Å². The van der Waals surface area contributed by atoms with Gasteiger partial charge in [-0.1, -0.05) is 18.2 Å². The van der Waals surface area contributed by atoms with Gasteiger partial charge in [-0.05, 0) is 18.1 Å². The quantitative estimate of drug-likeness (QED) is 0.807. The average Bonchev–Trinajstić information content (AvgIpc) is 2.40. The highest BCUT2D eigenvalue weighted by molar-refractivity contribution is 5.81. The molecule has 0 bridgehead atoms. The molecule has 0 aliphatic rings. The maximum Gasteiger partial charge on any atom is 0.405 e. The van der Waals surface area contributed by atoms with E-state index in [1.807, 2.05) is 12.1 Å². The van der Waals surface area contributed by atoms with Crippen LogP contribution in [0, 0.1) is 0 Å². The maximum absolute atomic E-state index is 11.9. The summed E-state index contributed by atoms with van der Waals surface area (Å²) < 4.78 is 40.8. The van der Waals surface area contributed by atoms with Crippen LogP contribution in [0.1, 0.15) is 5.56 Å². The standard InChI is InChI=1S/C13H17F3N2O2/c1-20-7-6-10-4-2-3-5-11(10)17-8-12(19)18-9-13(14,15)16/h2-5,17H,6-9H2,1H3,(H,18,19). The van der Waals surface area contributed by atoms with Crippen molar-refractivity contribution in [1.82, 2.24) is 5.32 Å². The highest BCUT2D eigenvalue weighted by atomic mass is 19.4. The molecule has 1 amide bonds. The Balaban J connectivity index is 2.46. The minimum atomic E-state index is -4.40. The Morgan fingerprint density at radius 1 is 1.30 bits per heavy atom. The van der Waals surface area contributed by atoms with E-state index in [2.05, 4.69) is 5.32 Å². The molecular formula is C13H17F3N2O2. The number of methoxy groups -OCH3 is 1. The molecule has 7 heteroatoms. The SMILES string of the molecule is COCCc1ccccc1NCC(=O)NCC(F)(F)F. The Morgan fingerprint density at radius 2 is 2.00 bits per heavy atom. The van der Waals surface area contributed by atoms with Gasteiger partial charge in [0, 0.05) is 12.8 Å². The zero-order valence-corrected chi connectivity index (χ0v) is 11.1. The van der Waals surface area contributed by atoms with Crippen LogP contribution in [0.15, 0.2) is 24.3 Å². The first-order valence-electron chi connectivity index (χ1n) is 6.06. The molecule has 0 aromatic heterocycles. The van der Waals surface area contributed by atoms with Crippen molar-refractivity contribution in [3.8, 4) is 0 Å². The zero-order valence-electron chi connectivity index (χ0n) is 11.1. The highest BCUT2D eigenvalue weighted by Crippen LogP contribution is 2.15. The number of amides is 1. The Labute approximate surface area is 115 Å². The summed E-state index contributed by atoms with van der Waals surface area (Å²) in [5.41, 5.74) is 1.66. The van der Waals surface area contributed by atoms with Gasteiger partial charge in [0.1, 0.15) is 6.54 Å². The summed E-state index contributed by atoms with van der Waals surface area (Å²) in [5.74, 6) is -0.705. The third-order valence-corrected chi connectivity index (χ3v) is 2.52. The predicted octanol–water partition coefficient (Wildman–Crippen LogP) is 1.97. The van der Waals surface area contributed by atoms with Gasteiger partial charge in [-0.3, -0.25) is 4.79 Å². The molecule has 1 aromatic carbocycles. The van der Waals surface area contributed by atoms with Crippen molar-refractivity contribution in [2.45, 2.75) is 12.6 Å². The molecule has 0 atom stereocenters. The van der Waals surface area contributed by atoms with Crippen molar-refractivity contribution in [1.29, 1.82) is 0 Å². The molecule has 2 N–H and O–H groups in total. The van der Waals surface area contributed by atoms with E-state index in [0.717, 1.165) is 5.56 Å². The van der Waals surface area contributed by atoms with Crippen LogP contribution in [-0.2, 0) is 16.0 Å². The molecule has 4 nitrogen and oxygen atoms in total. The fraction of sp³-hybridized carbons (Fsp3) is 0.462. The number of rotatable bonds is 7. The van der Waals surface area contributed by atoms with E-state index in [-0.39, 0.29) is 6.54 Å². The number of carbonyl (C=O) groups excluding carboxylic acids is 1. The summed E-state index contributed by atoms with van der Waals surface area (Å²) in [6.07, 6.45) is -3.74. The number of benzene rings is 1. The summed E-state index contributed by atoms with van der Waals surface area (Å²) in [7, 11) is 1.58. The topological polar surface area (TPSA) is 50.4 Å². The highest BCUT2D eigenvalue weighted by Gasteiger charge is 2.27. The van der Waals surface area contributed by atoms with Crippen molar-refractivity contribution < 1.29 is 22.7 Å². The lowest BCUT2D eigenvalue weighted by molar-refractivity contribution is -0.137. The van der Waals surface area contributed by atoms with E-state index in [4.69, 9.17) is 4.74 Å². The molecule has 0 saturated heterocycles. The average molecular weight is 290 g/mol. The van der Waals surface area contributed by atoms with Gasteiger partial charge in [0.05, 0.1) is 13.2 Å². The first-order chi connectivity index (χ1) is 9.42. The Morgan fingerprint density at radius 3 is 2.65 bits per heavy atom. The van der Waals surface area contributed by atoms with Crippen LogP contribution in [0.5, 0.6) is 0 Å². The second kappa shape index (κ2) is 7.74. The molecule has 1 aromatic rings. The summed E-state index contributed by atoms with van der Waals surface area (Å²) in [4.78, 5) is 11.3. The monoisotopic (exact) mass is 290 g/mol. The van der Waals surface area contributed by atoms with E-state index in [1.54, 1.807) is 24.6 Å². The van der Waals surface area contributed by atoms with Crippen LogP contribution < -0.4 is 10.6 Å². The van der Waals surface area contributed by atoms with Gasteiger partial charge in [-0.2, -0.15) is 13.2 Å². The number of carbonyl (C=O) groups is 1. The Bertz CT molecular complexity index is 436. The molecule has 20 heavy (non-hydrogen) atoms. The zero-order chi connectivity index (χ0) is 15.0. The first kappa shape index (κ1) is 16.3. The van der Waals surface area contributed by atoms with E-state index in [9.17, 15) is 18.0 Å². The molecular weight excluding hydrogens is 273 g/mol. The van der Waals surface area contributed by atoms with Crippen molar-refractivity contribution in [2.24, 2.45) is 0 Å². The number of hydrogen-bond acceptors (Lipinski definition) is 3. The van der Waals surface area contributed by atoms with Crippen LogP contribution in [0.25, 0.3) is 0 Å². The van der Waals surface area contributed by atoms with Crippen LogP contribution >= 0.6 is 0 Å². The van der Waals surface area contributed by atoms with E-state index < -0.39 is 18.6 Å². The number of hydrogen-bond donors (Lipinski definition) is 2. The summed E-state index contributed by atoms with van der Waals surface area (Å²) in [6.45, 7) is -1.00. The van der Waals surface area contributed by atoms with Crippen LogP contribution in [-0.4, -0.2) is 38.9 Å². The third-order valence-electron chi connectivity index (χ3n) is 2.52. The number of anilines is 1. The van der Waals surface area contributed by atoms with Crippen molar-refractivity contribution in [3.63, 3.8) is 0 Å². The molecule has 0 fully saturated rings. The fourth-order valence-electron chi connectivity index (χ4n) is 1.56. The lowest BCUT2D eigenvalue weighted by atomic mass is 10.1. The van der Waals surface area contributed by atoms with Gasteiger partial charge in [-0.25, -0.2) is 0 Å². The number of nitrogens with one attached hydrogen (secondary N) is 2. The first-order valence-corrected chi connectivity index (χ1v) is 6.06. The number of alkyl halides is 3. The predicted molar refractivity (Wildman–Crippen MR) is 69.6 cm³/mol. The fourth-order valence-corrected chi connectivity index (χ4v) is 1.56. The minimum absolute atomic E-state index is 0.208. The third kappa shape index (κ3) is 6.42. The van der Waals surface area contributed by atoms with Gasteiger partial charge in [0.2, 0.25) is 5.91 Å². The maximum atomic E-state index is 11.9. The Kier molecular flexibility index (Phi) is 6.30. The molecule has 0 aliphatic heterocycles. The number of halogens is 3. The largest absolute Gasteiger partial charge is 0.405 e. The van der Waals surface area contributed by atoms with Crippen molar-refractivity contribution in [2.75, 3.05) is 32.1 Å². The minimum Gasteiger partial charge on any atom is -0.384 e.